The molecule has 1 heterocycles. The van der Waals surface area contributed by atoms with Crippen molar-refractivity contribution in [1.29, 1.82) is 0 Å². The van der Waals surface area contributed by atoms with Crippen LogP contribution in [-0.2, 0) is 11.2 Å². The van der Waals surface area contributed by atoms with Crippen LogP contribution in [0, 0.1) is 0 Å². The van der Waals surface area contributed by atoms with Crippen molar-refractivity contribution in [1.82, 2.24) is 5.32 Å². The largest absolute Gasteiger partial charge is 0.308 e. The minimum atomic E-state index is 0.219. The van der Waals surface area contributed by atoms with E-state index in [1.165, 1.54) is 44.1 Å². The van der Waals surface area contributed by atoms with Gasteiger partial charge in [-0.3, -0.25) is 4.79 Å². The summed E-state index contributed by atoms with van der Waals surface area (Å²) in [6.07, 6.45) is 8.72. The number of nitrogens with one attached hydrogen (secondary N) is 1. The van der Waals surface area contributed by atoms with E-state index in [2.05, 4.69) is 30.4 Å². The Kier molecular flexibility index (Phi) is 4.59. The van der Waals surface area contributed by atoms with Gasteiger partial charge in [-0.05, 0) is 37.8 Å². The molecule has 1 aliphatic heterocycles. The number of hydrogen-bond donors (Lipinski definition) is 1. The lowest BCUT2D eigenvalue weighted by Gasteiger charge is -2.24. The van der Waals surface area contributed by atoms with Gasteiger partial charge >= 0.3 is 0 Å². The third kappa shape index (κ3) is 3.29. The first-order chi connectivity index (χ1) is 10.3. The number of nitrogens with zero attached hydrogens (tertiary/aromatic N) is 1. The number of hydrogen-bond acceptors (Lipinski definition) is 2. The maximum Gasteiger partial charge on any atom is 0.241 e. The van der Waals surface area contributed by atoms with Crippen molar-refractivity contribution in [2.75, 3.05) is 11.4 Å². The Morgan fingerprint density at radius 2 is 1.90 bits per heavy atom. The fourth-order valence-corrected chi connectivity index (χ4v) is 3.75. The Labute approximate surface area is 127 Å². The van der Waals surface area contributed by atoms with Crippen LogP contribution >= 0.6 is 0 Å². The van der Waals surface area contributed by atoms with Gasteiger partial charge in [-0.15, -0.1) is 0 Å². The second-order valence-corrected chi connectivity index (χ2v) is 6.51. The van der Waals surface area contributed by atoms with Gasteiger partial charge in [0.2, 0.25) is 5.91 Å². The van der Waals surface area contributed by atoms with Crippen molar-refractivity contribution in [2.24, 2.45) is 0 Å². The lowest BCUT2D eigenvalue weighted by Crippen LogP contribution is -2.44. The van der Waals surface area contributed by atoms with E-state index in [1.54, 1.807) is 0 Å². The Balaban J connectivity index is 1.60. The summed E-state index contributed by atoms with van der Waals surface area (Å²) in [6, 6.07) is 9.11. The van der Waals surface area contributed by atoms with Gasteiger partial charge < -0.3 is 10.2 Å². The molecule has 21 heavy (non-hydrogen) atoms. The summed E-state index contributed by atoms with van der Waals surface area (Å²) >= 11 is 0. The highest BCUT2D eigenvalue weighted by Crippen LogP contribution is 2.31. The van der Waals surface area contributed by atoms with Gasteiger partial charge in [0.05, 0.1) is 6.54 Å². The minimum Gasteiger partial charge on any atom is -0.308 e. The first kappa shape index (κ1) is 14.6. The van der Waals surface area contributed by atoms with E-state index < -0.39 is 0 Å². The molecule has 1 aromatic rings. The van der Waals surface area contributed by atoms with Crippen LogP contribution in [0.1, 0.15) is 51.0 Å². The number of amides is 1. The van der Waals surface area contributed by atoms with Gasteiger partial charge in [-0.1, -0.05) is 43.9 Å². The summed E-state index contributed by atoms with van der Waals surface area (Å²) in [5, 5.41) is 3.50. The number of anilines is 1. The minimum absolute atomic E-state index is 0.219. The lowest BCUT2D eigenvalue weighted by atomic mass is 10.1. The van der Waals surface area contributed by atoms with Crippen molar-refractivity contribution >= 4 is 11.6 Å². The molecule has 1 aliphatic carbocycles. The molecule has 114 valence electrons. The molecule has 1 fully saturated rings. The first-order valence-corrected chi connectivity index (χ1v) is 8.39. The topological polar surface area (TPSA) is 32.3 Å². The molecule has 0 saturated heterocycles. The third-order valence-corrected chi connectivity index (χ3v) is 4.87. The van der Waals surface area contributed by atoms with Crippen LogP contribution in [-0.4, -0.2) is 24.5 Å². The zero-order valence-corrected chi connectivity index (χ0v) is 13.0. The molecule has 1 amide bonds. The second-order valence-electron chi connectivity index (χ2n) is 6.51. The fourth-order valence-electron chi connectivity index (χ4n) is 3.75. The third-order valence-electron chi connectivity index (χ3n) is 4.87. The lowest BCUT2D eigenvalue weighted by molar-refractivity contribution is -0.118. The van der Waals surface area contributed by atoms with Crippen LogP contribution in [0.15, 0.2) is 24.3 Å². The van der Waals surface area contributed by atoms with Crippen molar-refractivity contribution < 1.29 is 4.79 Å². The molecule has 2 aliphatic rings. The Hall–Kier alpha value is -1.35. The summed E-state index contributed by atoms with van der Waals surface area (Å²) < 4.78 is 0. The number of benzene rings is 1. The molecule has 0 radical (unpaired) electrons. The zero-order chi connectivity index (χ0) is 14.7. The van der Waals surface area contributed by atoms with Gasteiger partial charge in [0, 0.05) is 17.8 Å². The molecule has 3 rings (SSSR count). The Morgan fingerprint density at radius 3 is 2.67 bits per heavy atom. The van der Waals surface area contributed by atoms with Crippen molar-refractivity contribution in [2.45, 2.75) is 64.0 Å². The van der Waals surface area contributed by atoms with E-state index in [4.69, 9.17) is 0 Å². The number of carbonyl (C=O) groups excluding carboxylic acids is 1. The highest BCUT2D eigenvalue weighted by molar-refractivity contribution is 5.97. The molecule has 0 bridgehead atoms. The van der Waals surface area contributed by atoms with E-state index in [1.807, 2.05) is 11.0 Å². The maximum absolute atomic E-state index is 12.6. The normalized spacial score (nSPS) is 22.9. The molecule has 3 nitrogen and oxygen atoms in total. The van der Waals surface area contributed by atoms with Crippen molar-refractivity contribution in [3.05, 3.63) is 29.8 Å². The number of fused-ring (bicyclic) bond motifs is 1. The predicted octanol–water partition coefficient (Wildman–Crippen LogP) is 3.28. The highest BCUT2D eigenvalue weighted by atomic mass is 16.2. The summed E-state index contributed by atoms with van der Waals surface area (Å²) in [4.78, 5) is 14.6. The average molecular weight is 286 g/mol. The molecular formula is C18H26N2O. The number of carbonyl (C=O) groups is 1. The van der Waals surface area contributed by atoms with Crippen LogP contribution in [0.25, 0.3) is 0 Å². The molecule has 3 heteroatoms. The van der Waals surface area contributed by atoms with Gasteiger partial charge in [-0.25, -0.2) is 0 Å². The Morgan fingerprint density at radius 1 is 1.19 bits per heavy atom. The predicted molar refractivity (Wildman–Crippen MR) is 86.6 cm³/mol. The summed E-state index contributed by atoms with van der Waals surface area (Å²) in [7, 11) is 0. The first-order valence-electron chi connectivity index (χ1n) is 8.39. The van der Waals surface area contributed by atoms with Gasteiger partial charge in [0.15, 0.2) is 0 Å². The molecule has 1 N–H and O–H groups in total. The molecule has 1 atom stereocenters. The van der Waals surface area contributed by atoms with Crippen LogP contribution in [0.5, 0.6) is 0 Å². The van der Waals surface area contributed by atoms with Crippen LogP contribution < -0.4 is 10.2 Å². The number of para-hydroxylation sites is 1. The van der Waals surface area contributed by atoms with E-state index in [0.29, 0.717) is 12.6 Å². The monoisotopic (exact) mass is 286 g/mol. The highest BCUT2D eigenvalue weighted by Gasteiger charge is 2.30. The van der Waals surface area contributed by atoms with Crippen LogP contribution in [0.2, 0.25) is 0 Å². The molecular weight excluding hydrogens is 260 g/mol. The maximum atomic E-state index is 12.6. The molecule has 1 unspecified atom stereocenters. The second kappa shape index (κ2) is 6.61. The van der Waals surface area contributed by atoms with Crippen LogP contribution in [0.3, 0.4) is 0 Å². The van der Waals surface area contributed by atoms with Gasteiger partial charge in [0.25, 0.3) is 0 Å². The van der Waals surface area contributed by atoms with Crippen LogP contribution in [0.4, 0.5) is 5.69 Å². The van der Waals surface area contributed by atoms with E-state index in [-0.39, 0.29) is 11.9 Å². The molecule has 0 aromatic heterocycles. The summed E-state index contributed by atoms with van der Waals surface area (Å²) in [5.74, 6) is 0.219. The fraction of sp³-hybridized carbons (Fsp3) is 0.611. The number of rotatable bonds is 3. The summed E-state index contributed by atoms with van der Waals surface area (Å²) in [5.41, 5.74) is 2.41. The molecule has 0 spiro atoms. The van der Waals surface area contributed by atoms with E-state index in [9.17, 15) is 4.79 Å². The van der Waals surface area contributed by atoms with E-state index in [0.717, 1.165) is 12.1 Å². The quantitative estimate of drug-likeness (QED) is 0.865. The molecule has 1 saturated carbocycles. The van der Waals surface area contributed by atoms with Crippen molar-refractivity contribution in [3.8, 4) is 0 Å². The smallest absolute Gasteiger partial charge is 0.241 e. The standard InChI is InChI=1S/C18H26N2O/c1-14-12-15-8-6-7-11-17(15)20(14)18(21)13-19-16-9-4-2-3-5-10-16/h6-8,11,14,16,19H,2-5,9-10,12-13H2,1H3. The zero-order valence-electron chi connectivity index (χ0n) is 13.0. The SMILES string of the molecule is CC1Cc2ccccc2N1C(=O)CNC1CCCCCC1. The summed E-state index contributed by atoms with van der Waals surface area (Å²) in [6.45, 7) is 2.62. The van der Waals surface area contributed by atoms with Gasteiger partial charge in [-0.2, -0.15) is 0 Å². The van der Waals surface area contributed by atoms with Gasteiger partial charge in [0.1, 0.15) is 0 Å². The Bertz CT molecular complexity index is 492. The van der Waals surface area contributed by atoms with E-state index >= 15 is 0 Å². The average Bonchev–Trinajstić information content (AvgIpc) is 2.65. The van der Waals surface area contributed by atoms with Crippen molar-refractivity contribution in [3.63, 3.8) is 0 Å². The molecule has 1 aromatic carbocycles.